The third-order valence-electron chi connectivity index (χ3n) is 6.46. The Balaban J connectivity index is 3.46. The van der Waals surface area contributed by atoms with Crippen molar-refractivity contribution in [3.05, 3.63) is 34.4 Å². The molecule has 210 valence electrons. The molecule has 0 saturated carbocycles. The van der Waals surface area contributed by atoms with Crippen LogP contribution in [0, 0.1) is 24.7 Å². The fourth-order valence-corrected chi connectivity index (χ4v) is 10.5. The summed E-state index contributed by atoms with van der Waals surface area (Å²) in [6.07, 6.45) is -1.86. The van der Waals surface area contributed by atoms with Crippen LogP contribution in [0.15, 0.2) is 12.1 Å². The minimum absolute atomic E-state index is 0.199. The molecule has 0 aliphatic rings. The van der Waals surface area contributed by atoms with Crippen LogP contribution >= 0.6 is 30.4 Å². The monoisotopic (exact) mass is 594 g/mol. The second-order valence-corrected chi connectivity index (χ2v) is 17.8. The SMILES string of the molecule is Cc1cc(CC(C(C)(C)CP(=O)(O)O)P(=O)(O)O)c(C)cc1CC(C(C)(C)CP(=O)(O)O)P(=O)(O)O. The Bertz CT molecular complexity index is 1050. The van der Waals surface area contributed by atoms with Gasteiger partial charge in [0, 0.05) is 0 Å². The van der Waals surface area contributed by atoms with E-state index in [1.54, 1.807) is 26.0 Å². The summed E-state index contributed by atoms with van der Waals surface area (Å²) in [4.78, 5) is 77.5. The molecule has 0 amide bonds. The molecule has 8 N–H and O–H groups in total. The maximum atomic E-state index is 12.3. The molecule has 0 bridgehead atoms. The lowest BCUT2D eigenvalue weighted by Crippen LogP contribution is -2.35. The lowest BCUT2D eigenvalue weighted by Gasteiger charge is -2.36. The predicted molar refractivity (Wildman–Crippen MR) is 136 cm³/mol. The molecule has 0 heterocycles. The molecule has 0 radical (unpaired) electrons. The van der Waals surface area contributed by atoms with Crippen LogP contribution in [0.25, 0.3) is 0 Å². The van der Waals surface area contributed by atoms with Gasteiger partial charge in [-0.25, -0.2) is 0 Å². The zero-order valence-corrected chi connectivity index (χ0v) is 24.7. The standard InChI is InChI=1S/C20H38O12P4/c1-13-7-16(10-18(36(30,31)32)20(5,6)12-34(24,25)26)14(2)8-15(13)9-17(35(27,28)29)19(3,4)11-33(21,22)23/h7-8,17-18H,9-12H2,1-6H3,(H2,21,22,23)(H2,24,25,26)(H2,27,28,29)(H2,30,31,32). The maximum absolute atomic E-state index is 12.3. The molecule has 1 aromatic rings. The van der Waals surface area contributed by atoms with Crippen LogP contribution in [0.3, 0.4) is 0 Å². The van der Waals surface area contributed by atoms with Crippen molar-refractivity contribution in [3.63, 3.8) is 0 Å². The minimum Gasteiger partial charge on any atom is -0.324 e. The Labute approximate surface area is 211 Å². The smallest absolute Gasteiger partial charge is 0.324 e. The Hall–Kier alpha value is -0.180. The second kappa shape index (κ2) is 11.1. The van der Waals surface area contributed by atoms with Crippen molar-refractivity contribution in [2.24, 2.45) is 10.8 Å². The van der Waals surface area contributed by atoms with Crippen molar-refractivity contribution in [1.29, 1.82) is 0 Å². The highest BCUT2D eigenvalue weighted by molar-refractivity contribution is 7.54. The van der Waals surface area contributed by atoms with E-state index in [-0.39, 0.29) is 12.8 Å². The first-order chi connectivity index (χ1) is 15.7. The fraction of sp³-hybridized carbons (Fsp3) is 0.700. The van der Waals surface area contributed by atoms with Gasteiger partial charge in [-0.3, -0.25) is 18.3 Å². The fourth-order valence-electron chi connectivity index (χ4n) is 4.77. The lowest BCUT2D eigenvalue weighted by atomic mass is 9.83. The van der Waals surface area contributed by atoms with Gasteiger partial charge < -0.3 is 39.1 Å². The number of rotatable bonds is 12. The van der Waals surface area contributed by atoms with E-state index in [2.05, 4.69) is 0 Å². The molecule has 2 unspecified atom stereocenters. The zero-order chi connectivity index (χ0) is 28.7. The summed E-state index contributed by atoms with van der Waals surface area (Å²) in [7, 11) is -18.8. The molecule has 2 atom stereocenters. The molecule has 0 saturated heterocycles. The average molecular weight is 594 g/mol. The van der Waals surface area contributed by atoms with Gasteiger partial charge in [0.2, 0.25) is 0 Å². The van der Waals surface area contributed by atoms with Crippen LogP contribution in [0.1, 0.15) is 49.9 Å². The van der Waals surface area contributed by atoms with Gasteiger partial charge in [0.15, 0.2) is 0 Å². The van der Waals surface area contributed by atoms with E-state index in [9.17, 15) is 57.4 Å². The third-order valence-corrected chi connectivity index (χ3v) is 12.3. The maximum Gasteiger partial charge on any atom is 0.329 e. The number of benzene rings is 1. The molecular weight excluding hydrogens is 556 g/mol. The van der Waals surface area contributed by atoms with Crippen molar-refractivity contribution >= 4 is 30.4 Å². The van der Waals surface area contributed by atoms with Crippen molar-refractivity contribution in [3.8, 4) is 0 Å². The Morgan fingerprint density at radius 1 is 0.611 bits per heavy atom. The van der Waals surface area contributed by atoms with Crippen LogP contribution in [-0.4, -0.2) is 62.8 Å². The molecule has 1 aromatic carbocycles. The number of hydrogen-bond acceptors (Lipinski definition) is 4. The molecule has 12 nitrogen and oxygen atoms in total. The largest absolute Gasteiger partial charge is 0.329 e. The highest BCUT2D eigenvalue weighted by atomic mass is 31.2. The van der Waals surface area contributed by atoms with Crippen molar-refractivity contribution < 1.29 is 57.4 Å². The summed E-state index contributed by atoms with van der Waals surface area (Å²) in [5.41, 5.74) is -3.60. The molecule has 16 heteroatoms. The average Bonchev–Trinajstić information content (AvgIpc) is 2.53. The summed E-state index contributed by atoms with van der Waals surface area (Å²) in [6.45, 7) is 8.77. The second-order valence-electron chi connectivity index (χ2n) is 10.9. The normalized spacial score (nSPS) is 16.2. The molecular formula is C20H38O12P4. The van der Waals surface area contributed by atoms with Gasteiger partial charge >= 0.3 is 30.4 Å². The van der Waals surface area contributed by atoms with Crippen LogP contribution in [0.2, 0.25) is 0 Å². The first-order valence-electron chi connectivity index (χ1n) is 10.9. The zero-order valence-electron chi connectivity index (χ0n) is 21.1. The van der Waals surface area contributed by atoms with Crippen molar-refractivity contribution in [2.45, 2.75) is 65.7 Å². The predicted octanol–water partition coefficient (Wildman–Crippen LogP) is 2.89. The van der Waals surface area contributed by atoms with Crippen molar-refractivity contribution in [1.82, 2.24) is 0 Å². The third kappa shape index (κ3) is 10.2. The minimum atomic E-state index is -4.80. The number of hydrogen-bond donors (Lipinski definition) is 8. The molecule has 0 aliphatic carbocycles. The topological polar surface area (TPSA) is 230 Å². The molecule has 0 aliphatic heterocycles. The summed E-state index contributed by atoms with van der Waals surface area (Å²) >= 11 is 0. The Kier molecular flexibility index (Phi) is 10.5. The van der Waals surface area contributed by atoms with Gasteiger partial charge in [-0.1, -0.05) is 39.8 Å². The van der Waals surface area contributed by atoms with Crippen LogP contribution in [0.4, 0.5) is 0 Å². The molecule has 36 heavy (non-hydrogen) atoms. The van der Waals surface area contributed by atoms with Crippen LogP contribution in [0.5, 0.6) is 0 Å². The van der Waals surface area contributed by atoms with E-state index in [0.29, 0.717) is 22.3 Å². The first-order valence-corrected chi connectivity index (χ1v) is 17.9. The Morgan fingerprint density at radius 3 is 1.06 bits per heavy atom. The van der Waals surface area contributed by atoms with Crippen LogP contribution in [-0.2, 0) is 31.1 Å². The number of aryl methyl sites for hydroxylation is 2. The quantitative estimate of drug-likeness (QED) is 0.163. The molecule has 1 rings (SSSR count). The summed E-state index contributed by atoms with van der Waals surface area (Å²) in [5.74, 6) is 0. The molecule has 0 aromatic heterocycles. The van der Waals surface area contributed by atoms with Gasteiger partial charge in [0.25, 0.3) is 0 Å². The van der Waals surface area contributed by atoms with Crippen LogP contribution < -0.4 is 0 Å². The van der Waals surface area contributed by atoms with E-state index >= 15 is 0 Å². The Morgan fingerprint density at radius 2 is 0.861 bits per heavy atom. The molecule has 0 fully saturated rings. The van der Waals surface area contributed by atoms with Crippen molar-refractivity contribution in [2.75, 3.05) is 12.3 Å². The van der Waals surface area contributed by atoms with E-state index < -0.39 is 64.9 Å². The van der Waals surface area contributed by atoms with E-state index in [0.717, 1.165) is 0 Å². The highest BCUT2D eigenvalue weighted by Gasteiger charge is 2.46. The van der Waals surface area contributed by atoms with Gasteiger partial charge in [0.05, 0.1) is 23.6 Å². The summed E-state index contributed by atoms with van der Waals surface area (Å²) in [6, 6.07) is 3.21. The summed E-state index contributed by atoms with van der Waals surface area (Å²) < 4.78 is 47.8. The van der Waals surface area contributed by atoms with Gasteiger partial charge in [0.1, 0.15) is 0 Å². The lowest BCUT2D eigenvalue weighted by molar-refractivity contribution is 0.275. The summed E-state index contributed by atoms with van der Waals surface area (Å²) in [5, 5.41) is 0. The van der Waals surface area contributed by atoms with E-state index in [1.807, 2.05) is 0 Å². The first kappa shape index (κ1) is 33.8. The van der Waals surface area contributed by atoms with Gasteiger partial charge in [-0.15, -0.1) is 0 Å². The van der Waals surface area contributed by atoms with Gasteiger partial charge in [-0.05, 0) is 59.8 Å². The van der Waals surface area contributed by atoms with E-state index in [1.165, 1.54) is 27.7 Å². The van der Waals surface area contributed by atoms with E-state index in [4.69, 9.17) is 0 Å². The highest BCUT2D eigenvalue weighted by Crippen LogP contribution is 2.57. The molecule has 0 spiro atoms. The van der Waals surface area contributed by atoms with Gasteiger partial charge in [-0.2, -0.15) is 0 Å².